The number of aryl methyl sites for hydroxylation is 1. The summed E-state index contributed by atoms with van der Waals surface area (Å²) in [6.45, 7) is 0. The number of benzene rings is 2. The van der Waals surface area contributed by atoms with E-state index in [0.717, 1.165) is 10.1 Å². The van der Waals surface area contributed by atoms with E-state index in [2.05, 4.69) is 4.98 Å². The molecular formula is C21H23ClN4O5S2. The third kappa shape index (κ3) is 6.27. The number of thioether (sulfide) groups is 1. The molecule has 0 aliphatic heterocycles. The van der Waals surface area contributed by atoms with E-state index >= 15 is 0 Å². The van der Waals surface area contributed by atoms with Crippen molar-refractivity contribution in [3.63, 3.8) is 0 Å². The molecule has 3 aromatic rings. The van der Waals surface area contributed by atoms with E-state index in [1.165, 1.54) is 43.1 Å². The summed E-state index contributed by atoms with van der Waals surface area (Å²) in [4.78, 5) is 16.4. The average molecular weight is 511 g/mol. The molecule has 1 atom stereocenters. The van der Waals surface area contributed by atoms with Gasteiger partial charge < -0.3 is 9.30 Å². The number of carbonyl (C=O) groups is 1. The highest BCUT2D eigenvalue weighted by atomic mass is 35.5. The Kier molecular flexibility index (Phi) is 8.38. The highest BCUT2D eigenvalue weighted by Gasteiger charge is 2.33. The Morgan fingerprint density at radius 1 is 1.21 bits per heavy atom. The number of halogens is 1. The summed E-state index contributed by atoms with van der Waals surface area (Å²) in [5.41, 5.74) is 1.56. The average Bonchev–Trinajstić information content (AvgIpc) is 3.22. The second-order valence-electron chi connectivity index (χ2n) is 7.01. The molecule has 2 N–H and O–H groups in total. The molecule has 3 rings (SSSR count). The lowest BCUT2D eigenvalue weighted by molar-refractivity contribution is -0.132. The van der Waals surface area contributed by atoms with Crippen LogP contribution in [0.2, 0.25) is 5.02 Å². The monoisotopic (exact) mass is 510 g/mol. The first-order valence-corrected chi connectivity index (χ1v) is 12.7. The maximum atomic E-state index is 13.1. The van der Waals surface area contributed by atoms with E-state index in [9.17, 15) is 13.2 Å². The van der Waals surface area contributed by atoms with Gasteiger partial charge >= 0.3 is 0 Å². The van der Waals surface area contributed by atoms with Crippen molar-refractivity contribution >= 4 is 39.3 Å². The molecule has 1 aromatic heterocycles. The van der Waals surface area contributed by atoms with E-state index < -0.39 is 22.0 Å². The molecule has 176 valence electrons. The number of nitrogens with zero attached hydrogens (tertiary/aromatic N) is 3. The maximum Gasteiger partial charge on any atom is 0.262 e. The first-order chi connectivity index (χ1) is 15.7. The van der Waals surface area contributed by atoms with Gasteiger partial charge in [0, 0.05) is 37.3 Å². The number of rotatable bonds is 10. The molecule has 12 heteroatoms. The molecule has 1 heterocycles. The minimum Gasteiger partial charge on any atom is -0.457 e. The fourth-order valence-corrected chi connectivity index (χ4v) is 5.58. The SMILES string of the molecule is CN([C@H](CSCc1nccn1C)C(=O)NO)S(=O)(=O)c1ccc(Oc2ccc(Cl)cc2)cc1. The van der Waals surface area contributed by atoms with Crippen LogP contribution in [0.3, 0.4) is 0 Å². The number of likely N-dealkylation sites (N-methyl/N-ethyl adjacent to an activating group) is 1. The molecule has 0 saturated heterocycles. The standard InChI is InChI=1S/C21H23ClN4O5S2/c1-25-12-11-23-20(25)14-32-13-19(21(27)24-28)26(2)33(29,30)18-9-7-17(8-10-18)31-16-5-3-15(22)4-6-16/h3-12,19,28H,13-14H2,1-2H3,(H,24,27)/t19-/m1/s1. The fraction of sp³-hybridized carbons (Fsp3) is 0.238. The van der Waals surface area contributed by atoms with Crippen LogP contribution < -0.4 is 10.2 Å². The molecule has 0 bridgehead atoms. The van der Waals surface area contributed by atoms with Crippen molar-refractivity contribution in [3.05, 3.63) is 71.8 Å². The quantitative estimate of drug-likeness (QED) is 0.318. The minimum absolute atomic E-state index is 0.0155. The zero-order valence-corrected chi connectivity index (χ0v) is 20.3. The summed E-state index contributed by atoms with van der Waals surface area (Å²) < 4.78 is 34.7. The predicted octanol–water partition coefficient (Wildman–Crippen LogP) is 3.29. The van der Waals surface area contributed by atoms with Gasteiger partial charge in [0.1, 0.15) is 23.4 Å². The Labute approximate surface area is 201 Å². The Morgan fingerprint density at radius 2 is 1.82 bits per heavy atom. The minimum atomic E-state index is -4.03. The number of nitrogens with one attached hydrogen (secondary N) is 1. The van der Waals surface area contributed by atoms with Crippen molar-refractivity contribution in [2.24, 2.45) is 7.05 Å². The van der Waals surface area contributed by atoms with Gasteiger partial charge in [0.2, 0.25) is 10.0 Å². The molecule has 33 heavy (non-hydrogen) atoms. The van der Waals surface area contributed by atoms with Crippen LogP contribution >= 0.6 is 23.4 Å². The summed E-state index contributed by atoms with van der Waals surface area (Å²) in [7, 11) is -0.881. The largest absolute Gasteiger partial charge is 0.457 e. The zero-order valence-electron chi connectivity index (χ0n) is 17.9. The van der Waals surface area contributed by atoms with Crippen LogP contribution in [0.25, 0.3) is 0 Å². The third-order valence-electron chi connectivity index (χ3n) is 4.83. The van der Waals surface area contributed by atoms with E-state index in [1.807, 2.05) is 11.6 Å². The van der Waals surface area contributed by atoms with E-state index in [1.54, 1.807) is 42.1 Å². The molecule has 0 spiro atoms. The molecular weight excluding hydrogens is 488 g/mol. The predicted molar refractivity (Wildman–Crippen MR) is 126 cm³/mol. The van der Waals surface area contributed by atoms with Crippen LogP contribution in [0, 0.1) is 0 Å². The second kappa shape index (κ2) is 11.0. The highest BCUT2D eigenvalue weighted by molar-refractivity contribution is 7.98. The Balaban J connectivity index is 1.71. The van der Waals surface area contributed by atoms with Gasteiger partial charge in [-0.05, 0) is 48.5 Å². The van der Waals surface area contributed by atoms with E-state index in [0.29, 0.717) is 22.3 Å². The lowest BCUT2D eigenvalue weighted by Crippen LogP contribution is -2.48. The number of imidazole rings is 1. The van der Waals surface area contributed by atoms with Gasteiger partial charge in [-0.3, -0.25) is 10.0 Å². The van der Waals surface area contributed by atoms with E-state index in [4.69, 9.17) is 21.5 Å². The number of hydroxylamine groups is 1. The summed E-state index contributed by atoms with van der Waals surface area (Å²) >= 11 is 7.19. The third-order valence-corrected chi connectivity index (χ3v) is 7.98. The van der Waals surface area contributed by atoms with Gasteiger partial charge in [0.15, 0.2) is 0 Å². The van der Waals surface area contributed by atoms with Crippen molar-refractivity contribution in [1.82, 2.24) is 19.3 Å². The number of hydrogen-bond acceptors (Lipinski definition) is 7. The Bertz CT molecular complexity index is 1180. The molecule has 9 nitrogen and oxygen atoms in total. The van der Waals surface area contributed by atoms with Crippen molar-refractivity contribution in [2.45, 2.75) is 16.7 Å². The van der Waals surface area contributed by atoms with Crippen molar-refractivity contribution in [1.29, 1.82) is 0 Å². The number of hydrogen-bond donors (Lipinski definition) is 2. The van der Waals surface area contributed by atoms with Crippen LogP contribution in [0.4, 0.5) is 0 Å². The molecule has 0 radical (unpaired) electrons. The number of sulfonamides is 1. The summed E-state index contributed by atoms with van der Waals surface area (Å²) in [6, 6.07) is 11.5. The maximum absolute atomic E-state index is 13.1. The fourth-order valence-electron chi connectivity index (χ4n) is 2.87. The van der Waals surface area contributed by atoms with Gasteiger partial charge in [-0.15, -0.1) is 0 Å². The lowest BCUT2D eigenvalue weighted by atomic mass is 10.3. The number of amides is 1. The summed E-state index contributed by atoms with van der Waals surface area (Å²) in [6.07, 6.45) is 3.45. The van der Waals surface area contributed by atoms with Crippen molar-refractivity contribution in [2.75, 3.05) is 12.8 Å². The molecule has 0 fully saturated rings. The van der Waals surface area contributed by atoms with Crippen LogP contribution in [0.1, 0.15) is 5.82 Å². The second-order valence-corrected chi connectivity index (χ2v) is 10.5. The first kappa shape index (κ1) is 25.1. The van der Waals surface area contributed by atoms with Gasteiger partial charge in [-0.1, -0.05) is 11.6 Å². The Hall–Kier alpha value is -2.57. The highest BCUT2D eigenvalue weighted by Crippen LogP contribution is 2.26. The molecule has 0 aliphatic carbocycles. The van der Waals surface area contributed by atoms with Crippen LogP contribution in [0.5, 0.6) is 11.5 Å². The van der Waals surface area contributed by atoms with E-state index in [-0.39, 0.29) is 10.6 Å². The molecule has 2 aromatic carbocycles. The summed E-state index contributed by atoms with van der Waals surface area (Å²) in [5.74, 6) is 1.54. The van der Waals surface area contributed by atoms with Crippen molar-refractivity contribution in [3.8, 4) is 11.5 Å². The summed E-state index contributed by atoms with van der Waals surface area (Å²) in [5, 5.41) is 9.72. The van der Waals surface area contributed by atoms with Gasteiger partial charge in [-0.25, -0.2) is 18.9 Å². The molecule has 0 saturated carbocycles. The van der Waals surface area contributed by atoms with Crippen molar-refractivity contribution < 1.29 is 23.2 Å². The van der Waals surface area contributed by atoms with Crippen LogP contribution in [0.15, 0.2) is 65.8 Å². The van der Waals surface area contributed by atoms with Crippen LogP contribution in [-0.2, 0) is 27.6 Å². The van der Waals surface area contributed by atoms with Gasteiger partial charge in [0.05, 0.1) is 10.6 Å². The van der Waals surface area contributed by atoms with Gasteiger partial charge in [0.25, 0.3) is 5.91 Å². The number of aromatic nitrogens is 2. The molecule has 1 amide bonds. The number of ether oxygens (including phenoxy) is 1. The smallest absolute Gasteiger partial charge is 0.262 e. The molecule has 0 unspecified atom stereocenters. The lowest BCUT2D eigenvalue weighted by Gasteiger charge is -2.25. The topological polar surface area (TPSA) is 114 Å². The zero-order chi connectivity index (χ0) is 24.0. The normalized spacial score (nSPS) is 12.5. The first-order valence-electron chi connectivity index (χ1n) is 9.72. The Morgan fingerprint density at radius 3 is 2.36 bits per heavy atom. The van der Waals surface area contributed by atoms with Gasteiger partial charge in [-0.2, -0.15) is 16.1 Å². The van der Waals surface area contributed by atoms with Crippen LogP contribution in [-0.4, -0.2) is 52.2 Å². The number of carbonyl (C=O) groups excluding carboxylic acids is 1. The molecule has 0 aliphatic rings.